The van der Waals surface area contributed by atoms with Gasteiger partial charge >= 0.3 is 0 Å². The van der Waals surface area contributed by atoms with Gasteiger partial charge < -0.3 is 5.11 Å². The maximum atomic E-state index is 9.47. The first-order valence-corrected chi connectivity index (χ1v) is 7.63. The van der Waals surface area contributed by atoms with Gasteiger partial charge in [-0.15, -0.1) is 0 Å². The van der Waals surface area contributed by atoms with E-state index in [1.54, 1.807) is 35.3 Å². The van der Waals surface area contributed by atoms with Gasteiger partial charge in [0.2, 0.25) is 0 Å². The Morgan fingerprint density at radius 2 is 1.92 bits per heavy atom. The molecule has 0 saturated carbocycles. The van der Waals surface area contributed by atoms with Crippen LogP contribution in [0.1, 0.15) is 5.56 Å². The van der Waals surface area contributed by atoms with Crippen LogP contribution in [0.2, 0.25) is 0 Å². The van der Waals surface area contributed by atoms with Gasteiger partial charge in [-0.3, -0.25) is 5.43 Å². The van der Waals surface area contributed by atoms with E-state index in [0.29, 0.717) is 11.5 Å². The summed E-state index contributed by atoms with van der Waals surface area (Å²) >= 11 is 0. The van der Waals surface area contributed by atoms with Crippen molar-refractivity contribution in [3.05, 3.63) is 72.7 Å². The van der Waals surface area contributed by atoms with Gasteiger partial charge in [0.15, 0.2) is 11.5 Å². The Balaban J connectivity index is 1.64. The minimum absolute atomic E-state index is 0.192. The fourth-order valence-corrected chi connectivity index (χ4v) is 2.46. The van der Waals surface area contributed by atoms with Crippen molar-refractivity contribution in [3.63, 3.8) is 0 Å². The van der Waals surface area contributed by atoms with E-state index in [-0.39, 0.29) is 5.75 Å². The van der Waals surface area contributed by atoms with E-state index in [0.717, 1.165) is 16.6 Å². The Morgan fingerprint density at radius 1 is 1.04 bits per heavy atom. The standard InChI is InChI=1S/C18H14N6O/c25-15-8-4-5-13(9-15)10-21-23-17-16-11-22-24(18(16)20-12-19-17)14-6-2-1-3-7-14/h1-12,25H,(H,19,20,23). The molecule has 0 atom stereocenters. The number of phenols is 1. The number of phenolic OH excluding ortho intramolecular Hbond substituents is 1. The molecule has 0 amide bonds. The second kappa shape index (κ2) is 6.40. The van der Waals surface area contributed by atoms with Crippen molar-refractivity contribution in [2.75, 3.05) is 5.43 Å². The van der Waals surface area contributed by atoms with Crippen molar-refractivity contribution in [1.29, 1.82) is 0 Å². The molecule has 7 nitrogen and oxygen atoms in total. The Morgan fingerprint density at radius 3 is 2.76 bits per heavy atom. The molecule has 4 rings (SSSR count). The molecule has 0 saturated heterocycles. The molecule has 2 aromatic heterocycles. The quantitative estimate of drug-likeness (QED) is 0.444. The summed E-state index contributed by atoms with van der Waals surface area (Å²) in [5.41, 5.74) is 5.29. The third-order valence-corrected chi connectivity index (χ3v) is 3.62. The number of aromatic hydroxyl groups is 1. The summed E-state index contributed by atoms with van der Waals surface area (Å²) in [6.07, 6.45) is 4.78. The van der Waals surface area contributed by atoms with Crippen molar-refractivity contribution in [3.8, 4) is 11.4 Å². The summed E-state index contributed by atoms with van der Waals surface area (Å²) < 4.78 is 1.75. The van der Waals surface area contributed by atoms with E-state index in [4.69, 9.17) is 0 Å². The smallest absolute Gasteiger partial charge is 0.168 e. The summed E-state index contributed by atoms with van der Waals surface area (Å²) in [5.74, 6) is 0.751. The molecule has 2 aromatic carbocycles. The Hall–Kier alpha value is -3.74. The molecule has 0 bridgehead atoms. The van der Waals surface area contributed by atoms with Crippen LogP contribution in [0.15, 0.2) is 72.2 Å². The molecule has 0 radical (unpaired) electrons. The monoisotopic (exact) mass is 330 g/mol. The molecule has 2 heterocycles. The van der Waals surface area contributed by atoms with Crippen LogP contribution in [-0.2, 0) is 0 Å². The minimum Gasteiger partial charge on any atom is -0.508 e. The summed E-state index contributed by atoms with van der Waals surface area (Å²) in [7, 11) is 0. The van der Waals surface area contributed by atoms with Gasteiger partial charge in [-0.1, -0.05) is 30.3 Å². The largest absolute Gasteiger partial charge is 0.508 e. The summed E-state index contributed by atoms with van der Waals surface area (Å²) in [4.78, 5) is 8.54. The molecule has 0 aliphatic carbocycles. The van der Waals surface area contributed by atoms with Gasteiger partial charge in [-0.25, -0.2) is 14.6 Å². The van der Waals surface area contributed by atoms with Crippen LogP contribution in [0, 0.1) is 0 Å². The molecular formula is C18H14N6O. The van der Waals surface area contributed by atoms with E-state index in [9.17, 15) is 5.11 Å². The van der Waals surface area contributed by atoms with Crippen LogP contribution in [0.5, 0.6) is 5.75 Å². The number of hydrogen-bond donors (Lipinski definition) is 2. The number of nitrogens with one attached hydrogen (secondary N) is 1. The fourth-order valence-electron chi connectivity index (χ4n) is 2.46. The molecule has 0 spiro atoms. The topological polar surface area (TPSA) is 88.2 Å². The number of para-hydroxylation sites is 1. The molecule has 2 N–H and O–H groups in total. The highest BCUT2D eigenvalue weighted by Gasteiger charge is 2.10. The Labute approximate surface area is 143 Å². The first-order valence-electron chi connectivity index (χ1n) is 7.63. The summed E-state index contributed by atoms with van der Waals surface area (Å²) in [6, 6.07) is 16.6. The Bertz CT molecular complexity index is 1040. The highest BCUT2D eigenvalue weighted by molar-refractivity contribution is 5.88. The van der Waals surface area contributed by atoms with Crippen molar-refractivity contribution < 1.29 is 5.11 Å². The highest BCUT2D eigenvalue weighted by atomic mass is 16.3. The van der Waals surface area contributed by atoms with Gasteiger partial charge in [0, 0.05) is 0 Å². The second-order valence-electron chi connectivity index (χ2n) is 5.32. The van der Waals surface area contributed by atoms with Crippen LogP contribution in [0.3, 0.4) is 0 Å². The number of benzene rings is 2. The molecule has 25 heavy (non-hydrogen) atoms. The second-order valence-corrected chi connectivity index (χ2v) is 5.32. The van der Waals surface area contributed by atoms with E-state index < -0.39 is 0 Å². The molecule has 0 aliphatic rings. The Kier molecular flexibility index (Phi) is 3.80. The zero-order valence-corrected chi connectivity index (χ0v) is 13.1. The lowest BCUT2D eigenvalue weighted by molar-refractivity contribution is 0.475. The molecule has 122 valence electrons. The van der Waals surface area contributed by atoms with Crippen molar-refractivity contribution >= 4 is 23.1 Å². The lowest BCUT2D eigenvalue weighted by Gasteiger charge is -2.03. The van der Waals surface area contributed by atoms with Gasteiger partial charge in [-0.2, -0.15) is 10.2 Å². The lowest BCUT2D eigenvalue weighted by atomic mass is 10.2. The van der Waals surface area contributed by atoms with Crippen LogP contribution < -0.4 is 5.43 Å². The van der Waals surface area contributed by atoms with Gasteiger partial charge in [-0.05, 0) is 29.8 Å². The number of nitrogens with zero attached hydrogens (tertiary/aromatic N) is 5. The van der Waals surface area contributed by atoms with Crippen LogP contribution in [0.4, 0.5) is 5.82 Å². The first kappa shape index (κ1) is 14.8. The lowest BCUT2D eigenvalue weighted by Crippen LogP contribution is -1.99. The minimum atomic E-state index is 0.192. The summed E-state index contributed by atoms with van der Waals surface area (Å²) in [5, 5.41) is 18.8. The normalized spacial score (nSPS) is 11.2. The van der Waals surface area contributed by atoms with Gasteiger partial charge in [0.1, 0.15) is 12.1 Å². The molecular weight excluding hydrogens is 316 g/mol. The molecule has 0 unspecified atom stereocenters. The summed E-state index contributed by atoms with van der Waals surface area (Å²) in [6.45, 7) is 0. The number of fused-ring (bicyclic) bond motifs is 1. The van der Waals surface area contributed by atoms with E-state index >= 15 is 0 Å². The average Bonchev–Trinajstić information content (AvgIpc) is 3.08. The van der Waals surface area contributed by atoms with E-state index in [2.05, 4.69) is 25.6 Å². The SMILES string of the molecule is Oc1cccc(C=NNc2ncnc3c2cnn3-c2ccccc2)c1. The number of hydrazone groups is 1. The number of anilines is 1. The zero-order valence-electron chi connectivity index (χ0n) is 13.1. The number of hydrogen-bond acceptors (Lipinski definition) is 6. The van der Waals surface area contributed by atoms with Crippen LogP contribution >= 0.6 is 0 Å². The first-order chi connectivity index (χ1) is 12.3. The predicted octanol–water partition coefficient (Wildman–Crippen LogP) is 2.97. The molecule has 7 heteroatoms. The number of rotatable bonds is 4. The highest BCUT2D eigenvalue weighted by Crippen LogP contribution is 2.21. The molecule has 4 aromatic rings. The zero-order chi connectivity index (χ0) is 17.1. The van der Waals surface area contributed by atoms with E-state index in [1.807, 2.05) is 36.4 Å². The fraction of sp³-hybridized carbons (Fsp3) is 0. The van der Waals surface area contributed by atoms with Crippen LogP contribution in [-0.4, -0.2) is 31.1 Å². The van der Waals surface area contributed by atoms with Gasteiger partial charge in [0.05, 0.1) is 23.5 Å². The number of aromatic nitrogens is 4. The average molecular weight is 330 g/mol. The van der Waals surface area contributed by atoms with Crippen molar-refractivity contribution in [2.45, 2.75) is 0 Å². The third kappa shape index (κ3) is 3.02. The van der Waals surface area contributed by atoms with Crippen LogP contribution in [0.25, 0.3) is 16.7 Å². The predicted molar refractivity (Wildman–Crippen MR) is 96.0 cm³/mol. The molecule has 0 aliphatic heterocycles. The van der Waals surface area contributed by atoms with E-state index in [1.165, 1.54) is 6.33 Å². The maximum Gasteiger partial charge on any atom is 0.168 e. The molecule has 0 fully saturated rings. The van der Waals surface area contributed by atoms with Gasteiger partial charge in [0.25, 0.3) is 0 Å². The van der Waals surface area contributed by atoms with Crippen molar-refractivity contribution in [1.82, 2.24) is 19.7 Å². The third-order valence-electron chi connectivity index (χ3n) is 3.62. The van der Waals surface area contributed by atoms with Crippen molar-refractivity contribution in [2.24, 2.45) is 5.10 Å². The maximum absolute atomic E-state index is 9.47.